The van der Waals surface area contributed by atoms with Crippen LogP contribution in [0.1, 0.15) is 5.56 Å². The fourth-order valence-corrected chi connectivity index (χ4v) is 0.635. The first-order chi connectivity index (χ1) is 4.34. The minimum Gasteiger partial charge on any atom is -0.324 e. The third kappa shape index (κ3) is 3.41. The fraction of sp³-hybridized carbons (Fsp3) is 0.167. The number of nitrogens with zero attached hydrogens (tertiary/aromatic N) is 1. The quantitative estimate of drug-likeness (QED) is 0.528. The summed E-state index contributed by atoms with van der Waals surface area (Å²) in [6, 6.07) is 1.83. The molecule has 0 aliphatic carbocycles. The molecule has 0 spiro atoms. The number of nitrogen functional groups attached to an aromatic ring is 1. The highest BCUT2D eigenvalue weighted by Crippen LogP contribution is 2.08. The number of aromatic nitrogens is 1. The van der Waals surface area contributed by atoms with E-state index in [9.17, 15) is 0 Å². The number of halogens is 2. The largest absolute Gasteiger partial charge is 0.324 e. The monoisotopic (exact) mass is 195 g/mol. The Kier molecular flexibility index (Phi) is 7.41. The summed E-state index contributed by atoms with van der Waals surface area (Å²) in [6.45, 7) is 1.95. The van der Waals surface area contributed by atoms with Crippen LogP contribution in [0.4, 0.5) is 5.69 Å². The number of pyridine rings is 1. The number of hydrogen-bond donors (Lipinski definition) is 2. The van der Waals surface area contributed by atoms with Crippen LogP contribution in [0.15, 0.2) is 18.5 Å². The highest BCUT2D eigenvalue weighted by Gasteiger charge is 1.90. The molecular weight excluding hydrogens is 185 g/mol. The summed E-state index contributed by atoms with van der Waals surface area (Å²) >= 11 is 0. The molecule has 3 nitrogen and oxygen atoms in total. The Morgan fingerprint density at radius 3 is 2.45 bits per heavy atom. The molecule has 0 unspecified atom stereocenters. The van der Waals surface area contributed by atoms with E-state index in [1.54, 1.807) is 12.4 Å². The first-order valence-corrected chi connectivity index (χ1v) is 2.72. The molecule has 0 saturated heterocycles. The molecule has 1 heterocycles. The zero-order chi connectivity index (χ0) is 6.69. The predicted octanol–water partition coefficient (Wildman–Crippen LogP) is 1.52. The van der Waals surface area contributed by atoms with Crippen molar-refractivity contribution in [2.75, 3.05) is 5.43 Å². The Labute approximate surface area is 78.2 Å². The van der Waals surface area contributed by atoms with Gasteiger partial charge in [-0.2, -0.15) is 0 Å². The van der Waals surface area contributed by atoms with Crippen molar-refractivity contribution < 1.29 is 0 Å². The Morgan fingerprint density at radius 1 is 1.45 bits per heavy atom. The van der Waals surface area contributed by atoms with Gasteiger partial charge in [0.1, 0.15) is 0 Å². The molecule has 0 amide bonds. The van der Waals surface area contributed by atoms with Crippen LogP contribution >= 0.6 is 24.8 Å². The average molecular weight is 196 g/mol. The van der Waals surface area contributed by atoms with E-state index in [1.807, 2.05) is 13.0 Å². The maximum absolute atomic E-state index is 5.17. The Hall–Kier alpha value is -0.510. The van der Waals surface area contributed by atoms with Crippen LogP contribution in [0.25, 0.3) is 0 Å². The number of rotatable bonds is 1. The molecule has 1 aromatic rings. The van der Waals surface area contributed by atoms with Gasteiger partial charge in [-0.25, -0.2) is 0 Å². The molecule has 5 heteroatoms. The van der Waals surface area contributed by atoms with E-state index in [0.717, 1.165) is 11.3 Å². The van der Waals surface area contributed by atoms with Gasteiger partial charge in [0, 0.05) is 12.4 Å². The first-order valence-electron chi connectivity index (χ1n) is 2.72. The van der Waals surface area contributed by atoms with Gasteiger partial charge in [0.2, 0.25) is 0 Å². The van der Waals surface area contributed by atoms with E-state index in [4.69, 9.17) is 5.84 Å². The summed E-state index contributed by atoms with van der Waals surface area (Å²) in [5, 5.41) is 0. The molecule has 1 rings (SSSR count). The van der Waals surface area contributed by atoms with Gasteiger partial charge in [-0.05, 0) is 18.6 Å². The van der Waals surface area contributed by atoms with Crippen molar-refractivity contribution in [3.63, 3.8) is 0 Å². The highest BCUT2D eigenvalue weighted by molar-refractivity contribution is 5.85. The molecule has 0 bridgehead atoms. The Morgan fingerprint density at radius 2 is 2.09 bits per heavy atom. The lowest BCUT2D eigenvalue weighted by Crippen LogP contribution is -2.07. The van der Waals surface area contributed by atoms with Crippen molar-refractivity contribution in [3.8, 4) is 0 Å². The first kappa shape index (κ1) is 13.1. The van der Waals surface area contributed by atoms with Gasteiger partial charge in [-0.3, -0.25) is 10.8 Å². The van der Waals surface area contributed by atoms with Gasteiger partial charge < -0.3 is 5.43 Å². The number of hydrazine groups is 1. The smallest absolute Gasteiger partial charge is 0.0544 e. The van der Waals surface area contributed by atoms with E-state index >= 15 is 0 Å². The lowest BCUT2D eigenvalue weighted by molar-refractivity contribution is 1.23. The summed E-state index contributed by atoms with van der Waals surface area (Å²) in [6.07, 6.45) is 3.46. The van der Waals surface area contributed by atoms with Crippen LogP contribution < -0.4 is 11.3 Å². The maximum Gasteiger partial charge on any atom is 0.0544 e. The van der Waals surface area contributed by atoms with Crippen LogP contribution in [-0.2, 0) is 0 Å². The van der Waals surface area contributed by atoms with Crippen LogP contribution in [0.3, 0.4) is 0 Å². The van der Waals surface area contributed by atoms with Crippen LogP contribution in [0.5, 0.6) is 0 Å². The lowest BCUT2D eigenvalue weighted by Gasteiger charge is -2.00. The lowest BCUT2D eigenvalue weighted by atomic mass is 10.3. The Balaban J connectivity index is 0. The molecule has 0 saturated carbocycles. The van der Waals surface area contributed by atoms with Gasteiger partial charge in [-0.15, -0.1) is 24.8 Å². The van der Waals surface area contributed by atoms with Gasteiger partial charge in [0.25, 0.3) is 0 Å². The SMILES string of the molecule is Cc1cnccc1NN.Cl.Cl. The molecule has 0 radical (unpaired) electrons. The molecule has 0 aliphatic rings. The second-order valence-corrected chi connectivity index (χ2v) is 1.83. The number of anilines is 1. The maximum atomic E-state index is 5.17. The van der Waals surface area contributed by atoms with Crippen molar-refractivity contribution in [1.29, 1.82) is 0 Å². The highest BCUT2D eigenvalue weighted by atomic mass is 35.5. The molecule has 0 aliphatic heterocycles. The summed E-state index contributed by atoms with van der Waals surface area (Å²) in [4.78, 5) is 3.90. The van der Waals surface area contributed by atoms with Crippen molar-refractivity contribution in [2.45, 2.75) is 6.92 Å². The fourth-order valence-electron chi connectivity index (χ4n) is 0.635. The van der Waals surface area contributed by atoms with Crippen LogP contribution in [0, 0.1) is 6.92 Å². The van der Waals surface area contributed by atoms with Crippen LogP contribution in [-0.4, -0.2) is 4.98 Å². The standard InChI is InChI=1S/C6H9N3.2ClH/c1-5-4-8-3-2-6(5)9-7;;/h2-4H,7H2,1H3,(H,8,9);2*1H. The zero-order valence-electron chi connectivity index (χ0n) is 6.07. The molecular formula is C6H11Cl2N3. The number of nitrogens with two attached hydrogens (primary N) is 1. The third-order valence-electron chi connectivity index (χ3n) is 1.18. The number of aryl methyl sites for hydroxylation is 1. The average Bonchev–Trinajstić information content (AvgIpc) is 1.89. The van der Waals surface area contributed by atoms with Gasteiger partial charge in [-0.1, -0.05) is 0 Å². The third-order valence-corrected chi connectivity index (χ3v) is 1.18. The molecule has 0 atom stereocenters. The normalized spacial score (nSPS) is 7.45. The molecule has 0 fully saturated rings. The second-order valence-electron chi connectivity index (χ2n) is 1.83. The van der Waals surface area contributed by atoms with E-state index in [0.29, 0.717) is 0 Å². The molecule has 64 valence electrons. The van der Waals surface area contributed by atoms with Crippen molar-refractivity contribution in [2.24, 2.45) is 5.84 Å². The van der Waals surface area contributed by atoms with E-state index in [1.165, 1.54) is 0 Å². The molecule has 0 aromatic carbocycles. The minimum atomic E-state index is 0. The number of hydrogen-bond acceptors (Lipinski definition) is 3. The van der Waals surface area contributed by atoms with Gasteiger partial charge >= 0.3 is 0 Å². The van der Waals surface area contributed by atoms with E-state index in [2.05, 4.69) is 10.4 Å². The van der Waals surface area contributed by atoms with Gasteiger partial charge in [0.05, 0.1) is 5.69 Å². The second kappa shape index (κ2) is 6.22. The Bertz CT molecular complexity index is 205. The summed E-state index contributed by atoms with van der Waals surface area (Å²) in [5.74, 6) is 5.17. The molecule has 1 aromatic heterocycles. The van der Waals surface area contributed by atoms with Crippen molar-refractivity contribution >= 4 is 30.5 Å². The molecule has 3 N–H and O–H groups in total. The number of nitrogens with one attached hydrogen (secondary N) is 1. The van der Waals surface area contributed by atoms with Crippen molar-refractivity contribution in [3.05, 3.63) is 24.0 Å². The summed E-state index contributed by atoms with van der Waals surface area (Å²) < 4.78 is 0. The van der Waals surface area contributed by atoms with Gasteiger partial charge in [0.15, 0.2) is 0 Å². The van der Waals surface area contributed by atoms with Crippen molar-refractivity contribution in [1.82, 2.24) is 4.98 Å². The van der Waals surface area contributed by atoms with E-state index in [-0.39, 0.29) is 24.8 Å². The van der Waals surface area contributed by atoms with Crippen LogP contribution in [0.2, 0.25) is 0 Å². The predicted molar refractivity (Wildman–Crippen MR) is 51.3 cm³/mol. The summed E-state index contributed by atoms with van der Waals surface area (Å²) in [7, 11) is 0. The molecule has 11 heavy (non-hydrogen) atoms. The summed E-state index contributed by atoms with van der Waals surface area (Å²) in [5.41, 5.74) is 4.53. The minimum absolute atomic E-state index is 0. The van der Waals surface area contributed by atoms with E-state index < -0.39 is 0 Å². The topological polar surface area (TPSA) is 50.9 Å². The zero-order valence-corrected chi connectivity index (χ0v) is 7.71.